The maximum Gasteiger partial charge on any atom is 0.306 e. The van der Waals surface area contributed by atoms with Gasteiger partial charge in [0.2, 0.25) is 5.91 Å². The Labute approximate surface area is 284 Å². The van der Waals surface area contributed by atoms with Crippen LogP contribution in [-0.2, 0) is 31.9 Å². The van der Waals surface area contributed by atoms with Gasteiger partial charge < -0.3 is 24.8 Å². The van der Waals surface area contributed by atoms with E-state index in [2.05, 4.69) is 10.2 Å². The quantitative estimate of drug-likeness (QED) is 0.297. The SMILES string of the molecule is CCO[C@@H]1CCN([C@H]2C[C@@H](CO[C@H]3CC[C@H](C(=O)O)CC3)N(C(=O)Cc3cc(Cl)c(NC(=O)c4csc5c4C=CCC5)cc3F)C2)C1. The molecule has 1 aromatic carbocycles. The summed E-state index contributed by atoms with van der Waals surface area (Å²) in [6.45, 7) is 5.23. The number of carbonyl (C=O) groups excluding carboxylic acids is 2. The standard InChI is InChI=1S/C35H43ClFN3O6S/c1-2-45-26-11-12-39(18-26)23-15-24(19-46-25-9-7-21(8-10-25)35(43)44)40(17-23)33(41)14-22-13-29(36)31(16-30(22)37)38-34(42)28-20-47-32-6-4-3-5-27(28)32/h3,5,13,16,20-21,23-26H,2,4,6-12,14-15,17-19H2,1H3,(H,38,42)(H,43,44)/t21-,23-,24-,25-,26+/m0/s1. The van der Waals surface area contributed by atoms with Crippen molar-refractivity contribution in [2.24, 2.45) is 5.92 Å². The van der Waals surface area contributed by atoms with Gasteiger partial charge >= 0.3 is 5.97 Å². The van der Waals surface area contributed by atoms with Crippen molar-refractivity contribution in [3.63, 3.8) is 0 Å². The predicted molar refractivity (Wildman–Crippen MR) is 180 cm³/mol. The number of likely N-dealkylation sites (tertiary alicyclic amines) is 2. The smallest absolute Gasteiger partial charge is 0.306 e. The first-order valence-corrected chi connectivity index (χ1v) is 18.0. The summed E-state index contributed by atoms with van der Waals surface area (Å²) in [5, 5.41) is 14.1. The number of carboxylic acid groups (broad SMARTS) is 1. The fourth-order valence-electron chi connectivity index (χ4n) is 7.45. The highest BCUT2D eigenvalue weighted by molar-refractivity contribution is 7.10. The second-order valence-electron chi connectivity index (χ2n) is 13.1. The van der Waals surface area contributed by atoms with Crippen molar-refractivity contribution < 1.29 is 33.4 Å². The van der Waals surface area contributed by atoms with E-state index in [1.165, 1.54) is 12.1 Å². The predicted octanol–water partition coefficient (Wildman–Crippen LogP) is 6.04. The number of carbonyl (C=O) groups is 3. The summed E-state index contributed by atoms with van der Waals surface area (Å²) in [7, 11) is 0. The molecule has 1 saturated carbocycles. The molecule has 12 heteroatoms. The van der Waals surface area contributed by atoms with Gasteiger partial charge in [-0.25, -0.2) is 4.39 Å². The second kappa shape index (κ2) is 15.2. The number of rotatable bonds is 11. The van der Waals surface area contributed by atoms with Crippen LogP contribution in [0.15, 0.2) is 23.6 Å². The van der Waals surface area contributed by atoms with E-state index in [-0.39, 0.29) is 64.7 Å². The molecule has 254 valence electrons. The number of nitrogens with one attached hydrogen (secondary N) is 1. The lowest BCUT2D eigenvalue weighted by molar-refractivity contribution is -0.144. The fourth-order valence-corrected chi connectivity index (χ4v) is 8.72. The molecule has 9 nitrogen and oxygen atoms in total. The average Bonchev–Trinajstić information content (AvgIpc) is 3.81. The number of amides is 2. The Kier molecular flexibility index (Phi) is 11.0. The summed E-state index contributed by atoms with van der Waals surface area (Å²) >= 11 is 8.08. The van der Waals surface area contributed by atoms with Crippen molar-refractivity contribution >= 4 is 52.5 Å². The summed E-state index contributed by atoms with van der Waals surface area (Å²) in [5.41, 5.74) is 1.76. The van der Waals surface area contributed by atoms with E-state index in [9.17, 15) is 19.5 Å². The molecule has 6 rings (SSSR count). The van der Waals surface area contributed by atoms with Crippen LogP contribution in [-0.4, -0.2) is 89.8 Å². The third kappa shape index (κ3) is 7.91. The van der Waals surface area contributed by atoms with Crippen LogP contribution in [0, 0.1) is 11.7 Å². The fraction of sp³-hybridized carbons (Fsp3) is 0.571. The minimum atomic E-state index is -0.754. The van der Waals surface area contributed by atoms with Gasteiger partial charge in [-0.3, -0.25) is 19.3 Å². The number of hydrogen-bond donors (Lipinski definition) is 2. The van der Waals surface area contributed by atoms with Gasteiger partial charge in [0, 0.05) is 48.1 Å². The van der Waals surface area contributed by atoms with E-state index >= 15 is 4.39 Å². The Morgan fingerprint density at radius 3 is 2.68 bits per heavy atom. The number of allylic oxidation sites excluding steroid dienone is 1. The van der Waals surface area contributed by atoms with Crippen LogP contribution < -0.4 is 5.32 Å². The van der Waals surface area contributed by atoms with Gasteiger partial charge in [-0.1, -0.05) is 23.8 Å². The van der Waals surface area contributed by atoms with E-state index in [1.54, 1.807) is 11.3 Å². The van der Waals surface area contributed by atoms with Crippen molar-refractivity contribution in [1.29, 1.82) is 0 Å². The summed E-state index contributed by atoms with van der Waals surface area (Å²) in [4.78, 5) is 43.6. The highest BCUT2D eigenvalue weighted by atomic mass is 35.5. The molecule has 0 radical (unpaired) electrons. The number of ether oxygens (including phenoxy) is 2. The van der Waals surface area contributed by atoms with Gasteiger partial charge in [-0.05, 0) is 76.0 Å². The van der Waals surface area contributed by atoms with Gasteiger partial charge in [-0.2, -0.15) is 0 Å². The second-order valence-corrected chi connectivity index (χ2v) is 14.4. The number of nitrogens with zero attached hydrogens (tertiary/aromatic N) is 2. The van der Waals surface area contributed by atoms with E-state index in [1.807, 2.05) is 29.4 Å². The number of fused-ring (bicyclic) bond motifs is 1. The lowest BCUT2D eigenvalue weighted by atomic mass is 9.87. The first-order valence-electron chi connectivity index (χ1n) is 16.8. The lowest BCUT2D eigenvalue weighted by Crippen LogP contribution is -2.41. The van der Waals surface area contributed by atoms with E-state index in [4.69, 9.17) is 21.1 Å². The van der Waals surface area contributed by atoms with Gasteiger partial charge in [-0.15, -0.1) is 11.3 Å². The molecule has 3 heterocycles. The van der Waals surface area contributed by atoms with Crippen molar-refractivity contribution in [2.75, 3.05) is 38.2 Å². The molecule has 0 unspecified atom stereocenters. The third-order valence-corrected chi connectivity index (χ3v) is 11.4. The Balaban J connectivity index is 1.12. The Hall–Kier alpha value is -2.83. The minimum Gasteiger partial charge on any atom is -0.481 e. The monoisotopic (exact) mass is 687 g/mol. The van der Waals surface area contributed by atoms with Crippen LogP contribution in [0.4, 0.5) is 10.1 Å². The van der Waals surface area contributed by atoms with Crippen molar-refractivity contribution in [3.8, 4) is 0 Å². The Morgan fingerprint density at radius 2 is 1.91 bits per heavy atom. The first kappa shape index (κ1) is 34.0. The Morgan fingerprint density at radius 1 is 1.11 bits per heavy atom. The molecule has 0 bridgehead atoms. The maximum atomic E-state index is 15.5. The molecular weight excluding hydrogens is 645 g/mol. The molecule has 2 N–H and O–H groups in total. The molecule has 2 aliphatic carbocycles. The number of benzene rings is 1. The normalized spacial score (nSPS) is 26.0. The molecule has 1 aromatic heterocycles. The summed E-state index contributed by atoms with van der Waals surface area (Å²) in [6, 6.07) is 2.58. The largest absolute Gasteiger partial charge is 0.481 e. The molecule has 3 atom stereocenters. The number of thiophene rings is 1. The minimum absolute atomic E-state index is 0.0367. The molecule has 2 amide bonds. The molecular formula is C35H43ClFN3O6S. The third-order valence-electron chi connectivity index (χ3n) is 10.1. The maximum absolute atomic E-state index is 15.5. The topological polar surface area (TPSA) is 108 Å². The zero-order valence-corrected chi connectivity index (χ0v) is 28.3. The molecule has 2 aliphatic heterocycles. The van der Waals surface area contributed by atoms with Gasteiger partial charge in [0.25, 0.3) is 5.91 Å². The number of aliphatic carboxylic acids is 1. The molecule has 3 fully saturated rings. The zero-order chi connectivity index (χ0) is 33.1. The van der Waals surface area contributed by atoms with Gasteiger partial charge in [0.05, 0.1) is 53.5 Å². The lowest BCUT2D eigenvalue weighted by Gasteiger charge is -2.30. The van der Waals surface area contributed by atoms with Gasteiger partial charge in [0.1, 0.15) is 5.82 Å². The zero-order valence-electron chi connectivity index (χ0n) is 26.7. The Bertz CT molecular complexity index is 1510. The summed E-state index contributed by atoms with van der Waals surface area (Å²) < 4.78 is 27.6. The number of aryl methyl sites for hydroxylation is 1. The number of carboxylic acids is 1. The van der Waals surface area contributed by atoms with E-state index in [0.29, 0.717) is 51.0 Å². The van der Waals surface area contributed by atoms with E-state index in [0.717, 1.165) is 49.2 Å². The van der Waals surface area contributed by atoms with E-state index < -0.39 is 11.8 Å². The average molecular weight is 688 g/mol. The van der Waals surface area contributed by atoms with Crippen LogP contribution in [0.3, 0.4) is 0 Å². The summed E-state index contributed by atoms with van der Waals surface area (Å²) in [5.74, 6) is -2.24. The van der Waals surface area contributed by atoms with Crippen LogP contribution in [0.2, 0.25) is 5.02 Å². The number of anilines is 1. The van der Waals surface area contributed by atoms with Gasteiger partial charge in [0.15, 0.2) is 0 Å². The molecule has 2 aromatic rings. The van der Waals surface area contributed by atoms with Crippen LogP contribution >= 0.6 is 22.9 Å². The molecule has 2 saturated heterocycles. The molecule has 47 heavy (non-hydrogen) atoms. The number of halogens is 2. The van der Waals surface area contributed by atoms with Crippen molar-refractivity contribution in [2.45, 2.75) is 89.0 Å². The van der Waals surface area contributed by atoms with Crippen molar-refractivity contribution in [1.82, 2.24) is 9.80 Å². The van der Waals surface area contributed by atoms with Crippen LogP contribution in [0.1, 0.15) is 78.2 Å². The van der Waals surface area contributed by atoms with Crippen LogP contribution in [0.5, 0.6) is 0 Å². The summed E-state index contributed by atoms with van der Waals surface area (Å²) in [6.07, 6.45) is 10.0. The first-order chi connectivity index (χ1) is 22.7. The highest BCUT2D eigenvalue weighted by Gasteiger charge is 2.41. The molecule has 0 spiro atoms. The van der Waals surface area contributed by atoms with Crippen LogP contribution in [0.25, 0.3) is 6.08 Å². The molecule has 4 aliphatic rings. The highest BCUT2D eigenvalue weighted by Crippen LogP contribution is 2.33. The van der Waals surface area contributed by atoms with Crippen molar-refractivity contribution in [3.05, 3.63) is 56.0 Å². The number of hydrogen-bond acceptors (Lipinski definition) is 7.